The third-order valence-electron chi connectivity index (χ3n) is 3.22. The minimum Gasteiger partial charge on any atom is -0.479 e. The zero-order valence-corrected chi connectivity index (χ0v) is 14.3. The molecule has 0 saturated carbocycles. The molecule has 1 aromatic heterocycles. The van der Waals surface area contributed by atoms with E-state index >= 15 is 0 Å². The Labute approximate surface area is 154 Å². The Kier molecular flexibility index (Phi) is 5.34. The zero-order valence-electron chi connectivity index (χ0n) is 12.8. The summed E-state index contributed by atoms with van der Waals surface area (Å²) >= 11 is 12.4. The molecule has 0 aliphatic heterocycles. The number of nitrogens with zero attached hydrogens (tertiary/aromatic N) is 3. The van der Waals surface area contributed by atoms with Gasteiger partial charge in [-0.1, -0.05) is 52.6 Å². The van der Waals surface area contributed by atoms with Gasteiger partial charge in [0.2, 0.25) is 5.82 Å². The SMILES string of the molecule is N#CCOc1ccc(/C=C(\Cl)c2nc(-c3ccccc3Cl)no2)cc1. The van der Waals surface area contributed by atoms with Crippen LogP contribution in [0.1, 0.15) is 11.5 Å². The van der Waals surface area contributed by atoms with Crippen molar-refractivity contribution in [2.75, 3.05) is 6.61 Å². The van der Waals surface area contributed by atoms with E-state index in [4.69, 9.17) is 37.7 Å². The van der Waals surface area contributed by atoms with Crippen LogP contribution in [0.3, 0.4) is 0 Å². The number of nitriles is 1. The van der Waals surface area contributed by atoms with E-state index in [1.807, 2.05) is 18.2 Å². The monoisotopic (exact) mass is 371 g/mol. The summed E-state index contributed by atoms with van der Waals surface area (Å²) in [6.07, 6.45) is 1.69. The molecule has 3 aromatic rings. The van der Waals surface area contributed by atoms with Crippen LogP contribution in [0.2, 0.25) is 5.02 Å². The maximum atomic E-state index is 8.50. The highest BCUT2D eigenvalue weighted by atomic mass is 35.5. The van der Waals surface area contributed by atoms with Gasteiger partial charge in [-0.3, -0.25) is 0 Å². The molecule has 1 heterocycles. The van der Waals surface area contributed by atoms with Crippen molar-refractivity contribution in [3.63, 3.8) is 0 Å². The molecule has 2 aromatic carbocycles. The van der Waals surface area contributed by atoms with Crippen LogP contribution in [0, 0.1) is 11.3 Å². The molecular weight excluding hydrogens is 361 g/mol. The summed E-state index contributed by atoms with van der Waals surface area (Å²) in [5.41, 5.74) is 1.49. The van der Waals surface area contributed by atoms with Crippen LogP contribution < -0.4 is 4.74 Å². The topological polar surface area (TPSA) is 71.9 Å². The van der Waals surface area contributed by atoms with Gasteiger partial charge >= 0.3 is 0 Å². The molecule has 0 bridgehead atoms. The Balaban J connectivity index is 1.79. The first-order valence-corrected chi connectivity index (χ1v) is 7.99. The third-order valence-corrected chi connectivity index (χ3v) is 3.82. The summed E-state index contributed by atoms with van der Waals surface area (Å²) in [6, 6.07) is 16.2. The molecule has 5 nitrogen and oxygen atoms in total. The van der Waals surface area contributed by atoms with Crippen molar-refractivity contribution in [1.29, 1.82) is 5.26 Å². The lowest BCUT2D eigenvalue weighted by molar-refractivity contribution is 0.368. The average Bonchev–Trinajstić information content (AvgIpc) is 3.11. The van der Waals surface area contributed by atoms with Crippen LogP contribution in [0.4, 0.5) is 0 Å². The molecule has 0 amide bonds. The molecule has 0 N–H and O–H groups in total. The zero-order chi connectivity index (χ0) is 17.6. The Hall–Kier alpha value is -2.81. The van der Waals surface area contributed by atoms with Crippen molar-refractivity contribution < 1.29 is 9.26 Å². The van der Waals surface area contributed by atoms with Gasteiger partial charge in [0.05, 0.1) is 5.02 Å². The number of ether oxygens (including phenoxy) is 1. The van der Waals surface area contributed by atoms with Crippen LogP contribution in [-0.2, 0) is 0 Å². The quantitative estimate of drug-likeness (QED) is 0.628. The molecule has 0 radical (unpaired) electrons. The van der Waals surface area contributed by atoms with Crippen LogP contribution in [-0.4, -0.2) is 16.7 Å². The predicted molar refractivity (Wildman–Crippen MR) is 96.0 cm³/mol. The summed E-state index contributed by atoms with van der Waals surface area (Å²) in [4.78, 5) is 4.27. The van der Waals surface area contributed by atoms with Gasteiger partial charge in [0.25, 0.3) is 5.89 Å². The maximum absolute atomic E-state index is 8.50. The van der Waals surface area contributed by atoms with E-state index in [0.717, 1.165) is 5.56 Å². The minimum atomic E-state index is 0.00273. The first-order chi connectivity index (χ1) is 12.2. The Bertz CT molecular complexity index is 943. The molecule has 124 valence electrons. The summed E-state index contributed by atoms with van der Waals surface area (Å²) < 4.78 is 10.4. The summed E-state index contributed by atoms with van der Waals surface area (Å²) in [5.74, 6) is 1.17. The second kappa shape index (κ2) is 7.84. The molecule has 0 unspecified atom stereocenters. The third kappa shape index (κ3) is 4.18. The van der Waals surface area contributed by atoms with E-state index in [0.29, 0.717) is 27.2 Å². The fourth-order valence-corrected chi connectivity index (χ4v) is 2.48. The van der Waals surface area contributed by atoms with E-state index in [1.165, 1.54) is 0 Å². The van der Waals surface area contributed by atoms with E-state index in [1.54, 1.807) is 42.5 Å². The highest BCUT2D eigenvalue weighted by molar-refractivity contribution is 6.50. The molecule has 0 atom stereocenters. The van der Waals surface area contributed by atoms with Gasteiger partial charge in [-0.05, 0) is 35.9 Å². The predicted octanol–water partition coefficient (Wildman–Crippen LogP) is 5.03. The van der Waals surface area contributed by atoms with Crippen molar-refractivity contribution in [2.45, 2.75) is 0 Å². The first-order valence-electron chi connectivity index (χ1n) is 7.23. The molecule has 0 saturated heterocycles. The van der Waals surface area contributed by atoms with Gasteiger partial charge in [0.1, 0.15) is 16.9 Å². The van der Waals surface area contributed by atoms with Gasteiger partial charge in [0, 0.05) is 5.56 Å². The second-order valence-electron chi connectivity index (χ2n) is 4.91. The molecule has 0 aliphatic rings. The fourth-order valence-electron chi connectivity index (χ4n) is 2.06. The molecule has 0 fully saturated rings. The van der Waals surface area contributed by atoms with Gasteiger partial charge in [-0.15, -0.1) is 0 Å². The maximum Gasteiger partial charge on any atom is 0.269 e. The number of rotatable bonds is 5. The van der Waals surface area contributed by atoms with Crippen molar-refractivity contribution in [3.05, 3.63) is 65.0 Å². The lowest BCUT2D eigenvalue weighted by Crippen LogP contribution is -1.92. The first kappa shape index (κ1) is 17.0. The number of hydrogen-bond donors (Lipinski definition) is 0. The highest BCUT2D eigenvalue weighted by Crippen LogP contribution is 2.28. The van der Waals surface area contributed by atoms with Crippen molar-refractivity contribution in [1.82, 2.24) is 10.1 Å². The molecule has 25 heavy (non-hydrogen) atoms. The van der Waals surface area contributed by atoms with E-state index in [-0.39, 0.29) is 12.5 Å². The average molecular weight is 372 g/mol. The van der Waals surface area contributed by atoms with Gasteiger partial charge < -0.3 is 9.26 Å². The van der Waals surface area contributed by atoms with Crippen LogP contribution in [0.15, 0.2) is 53.1 Å². The van der Waals surface area contributed by atoms with E-state index in [9.17, 15) is 0 Å². The Morgan fingerprint density at radius 1 is 1.20 bits per heavy atom. The second-order valence-corrected chi connectivity index (χ2v) is 5.73. The highest BCUT2D eigenvalue weighted by Gasteiger charge is 2.13. The van der Waals surface area contributed by atoms with E-state index < -0.39 is 0 Å². The number of hydrogen-bond acceptors (Lipinski definition) is 5. The lowest BCUT2D eigenvalue weighted by Gasteiger charge is -2.01. The number of halogens is 2. The van der Waals surface area contributed by atoms with Crippen LogP contribution in [0.25, 0.3) is 22.5 Å². The molecule has 0 spiro atoms. The minimum absolute atomic E-state index is 0.00273. The van der Waals surface area contributed by atoms with Gasteiger partial charge in [-0.25, -0.2) is 0 Å². The van der Waals surface area contributed by atoms with Crippen molar-refractivity contribution in [2.24, 2.45) is 0 Å². The largest absolute Gasteiger partial charge is 0.479 e. The molecule has 7 heteroatoms. The standard InChI is InChI=1S/C18H11Cl2N3O2/c19-15-4-2-1-3-14(15)17-22-18(25-23-17)16(20)11-12-5-7-13(8-6-12)24-10-9-21/h1-8,11H,10H2/b16-11-. The van der Waals surface area contributed by atoms with Crippen molar-refractivity contribution >= 4 is 34.3 Å². The molecule has 3 rings (SSSR count). The molecular formula is C18H11Cl2N3O2. The van der Waals surface area contributed by atoms with Gasteiger partial charge in [-0.2, -0.15) is 10.2 Å². The summed E-state index contributed by atoms with van der Waals surface area (Å²) in [5, 5.41) is 13.2. The summed E-state index contributed by atoms with van der Waals surface area (Å²) in [7, 11) is 0. The number of benzene rings is 2. The van der Waals surface area contributed by atoms with E-state index in [2.05, 4.69) is 10.1 Å². The van der Waals surface area contributed by atoms with Crippen LogP contribution >= 0.6 is 23.2 Å². The van der Waals surface area contributed by atoms with Crippen molar-refractivity contribution in [3.8, 4) is 23.2 Å². The molecule has 0 aliphatic carbocycles. The fraction of sp³-hybridized carbons (Fsp3) is 0.0556. The summed E-state index contributed by atoms with van der Waals surface area (Å²) in [6.45, 7) is 0.00273. The normalized spacial score (nSPS) is 11.2. The Morgan fingerprint density at radius 3 is 2.68 bits per heavy atom. The number of aromatic nitrogens is 2. The lowest BCUT2D eigenvalue weighted by atomic mass is 10.2. The smallest absolute Gasteiger partial charge is 0.269 e. The Morgan fingerprint density at radius 2 is 1.96 bits per heavy atom. The van der Waals surface area contributed by atoms with Gasteiger partial charge in [0.15, 0.2) is 6.61 Å². The van der Waals surface area contributed by atoms with Crippen LogP contribution in [0.5, 0.6) is 5.75 Å².